The molecule has 4 aliphatic rings. The van der Waals surface area contributed by atoms with E-state index in [2.05, 4.69) is 20.1 Å². The van der Waals surface area contributed by atoms with Gasteiger partial charge in [0, 0.05) is 54.5 Å². The van der Waals surface area contributed by atoms with Crippen LogP contribution < -0.4 is 15.0 Å². The third kappa shape index (κ3) is 4.54. The number of anilines is 1. The van der Waals surface area contributed by atoms with Crippen molar-refractivity contribution in [2.24, 2.45) is 0 Å². The van der Waals surface area contributed by atoms with Gasteiger partial charge in [0.2, 0.25) is 0 Å². The van der Waals surface area contributed by atoms with Gasteiger partial charge in [-0.1, -0.05) is 47.5 Å². The van der Waals surface area contributed by atoms with Crippen LogP contribution in [0, 0.1) is 11.6 Å². The Labute approximate surface area is 257 Å². The van der Waals surface area contributed by atoms with Crippen LogP contribution in [-0.2, 0) is 0 Å². The Morgan fingerprint density at radius 2 is 1.86 bits per heavy atom. The molecule has 3 aromatic carbocycles. The molecule has 2 unspecified atom stereocenters. The maximum absolute atomic E-state index is 16.8. The molecule has 5 heterocycles. The molecule has 11 heteroatoms. The molecule has 0 amide bonds. The standard InChI is InChI=1S/C32H30Cl2F3N5O/c33-23-11-22-29(28(37)26(23)21-4-1-3-17-5-8-24(36)27(34)25(17)21)39-31(40-30(22)41-14-19-6-7-20(15-41)38-19)43-16-32-9-2-10-42(32)13-18(35)12-32/h1,3-5,8,11,18-20,38H,2,6-7,9-10,12-16H2/t18-,19?,20?,32+/m1/s1. The molecule has 43 heavy (non-hydrogen) atoms. The zero-order valence-electron chi connectivity index (χ0n) is 23.4. The van der Waals surface area contributed by atoms with E-state index >= 15 is 4.39 Å². The number of piperazine rings is 1. The summed E-state index contributed by atoms with van der Waals surface area (Å²) in [6.07, 6.45) is 3.45. The molecule has 4 saturated heterocycles. The van der Waals surface area contributed by atoms with Crippen molar-refractivity contribution in [3.63, 3.8) is 0 Å². The first-order chi connectivity index (χ1) is 20.8. The highest BCUT2D eigenvalue weighted by atomic mass is 35.5. The predicted molar refractivity (Wildman–Crippen MR) is 163 cm³/mol. The summed E-state index contributed by atoms with van der Waals surface area (Å²) in [5.74, 6) is -0.703. The molecule has 4 fully saturated rings. The van der Waals surface area contributed by atoms with Gasteiger partial charge in [-0.2, -0.15) is 9.97 Å². The molecule has 0 saturated carbocycles. The molecular weight excluding hydrogens is 598 g/mol. The summed E-state index contributed by atoms with van der Waals surface area (Å²) in [5.41, 5.74) is 0.111. The van der Waals surface area contributed by atoms with E-state index in [1.54, 1.807) is 30.3 Å². The number of hydrogen-bond donors (Lipinski definition) is 1. The highest BCUT2D eigenvalue weighted by Gasteiger charge is 2.49. The van der Waals surface area contributed by atoms with Crippen LogP contribution in [-0.4, -0.2) is 71.4 Å². The number of nitrogens with one attached hydrogen (secondary N) is 1. The van der Waals surface area contributed by atoms with Crippen molar-refractivity contribution in [2.45, 2.75) is 55.9 Å². The van der Waals surface area contributed by atoms with Crippen molar-refractivity contribution in [2.75, 3.05) is 37.7 Å². The van der Waals surface area contributed by atoms with Crippen molar-refractivity contribution >= 4 is 50.7 Å². The maximum atomic E-state index is 16.8. The first-order valence-electron chi connectivity index (χ1n) is 14.9. The molecule has 1 N–H and O–H groups in total. The summed E-state index contributed by atoms with van der Waals surface area (Å²) in [5, 5.41) is 5.17. The molecule has 6 nitrogen and oxygen atoms in total. The molecule has 4 aliphatic heterocycles. The van der Waals surface area contributed by atoms with E-state index in [0.29, 0.717) is 65.7 Å². The second-order valence-electron chi connectivity index (χ2n) is 12.4. The number of alkyl halides is 1. The van der Waals surface area contributed by atoms with Crippen LogP contribution >= 0.6 is 23.2 Å². The quantitative estimate of drug-likeness (QED) is 0.259. The van der Waals surface area contributed by atoms with Crippen molar-refractivity contribution in [3.05, 3.63) is 58.1 Å². The third-order valence-corrected chi connectivity index (χ3v) is 10.5. The number of rotatable bonds is 5. The van der Waals surface area contributed by atoms with Gasteiger partial charge >= 0.3 is 6.01 Å². The van der Waals surface area contributed by atoms with Gasteiger partial charge in [0.1, 0.15) is 29.9 Å². The molecule has 0 radical (unpaired) electrons. The van der Waals surface area contributed by atoms with Crippen molar-refractivity contribution in [3.8, 4) is 17.1 Å². The molecule has 0 aliphatic carbocycles. The Bertz CT molecular complexity index is 1760. The zero-order chi connectivity index (χ0) is 29.5. The molecular formula is C32H30Cl2F3N5O. The monoisotopic (exact) mass is 627 g/mol. The van der Waals surface area contributed by atoms with Crippen LogP contribution in [0.1, 0.15) is 32.1 Å². The number of aromatic nitrogens is 2. The van der Waals surface area contributed by atoms with Crippen molar-refractivity contribution in [1.82, 2.24) is 20.2 Å². The van der Waals surface area contributed by atoms with Crippen LogP contribution in [0.3, 0.4) is 0 Å². The summed E-state index contributed by atoms with van der Waals surface area (Å²) >= 11 is 13.3. The van der Waals surface area contributed by atoms with Gasteiger partial charge in [-0.25, -0.2) is 13.2 Å². The fraction of sp³-hybridized carbons (Fsp3) is 0.438. The number of ether oxygens (including phenoxy) is 1. The molecule has 4 aromatic rings. The first-order valence-corrected chi connectivity index (χ1v) is 15.6. The highest BCUT2D eigenvalue weighted by molar-refractivity contribution is 6.38. The van der Waals surface area contributed by atoms with Gasteiger partial charge in [-0.05, 0) is 55.3 Å². The number of nitrogens with zero attached hydrogens (tertiary/aromatic N) is 4. The molecule has 8 rings (SSSR count). The van der Waals surface area contributed by atoms with E-state index in [-0.39, 0.29) is 33.7 Å². The average molecular weight is 629 g/mol. The zero-order valence-corrected chi connectivity index (χ0v) is 24.9. The Kier molecular flexibility index (Phi) is 6.67. The van der Waals surface area contributed by atoms with Gasteiger partial charge in [0.05, 0.1) is 15.6 Å². The fourth-order valence-electron chi connectivity index (χ4n) is 7.85. The van der Waals surface area contributed by atoms with Gasteiger partial charge < -0.3 is 15.0 Å². The van der Waals surface area contributed by atoms with Crippen molar-refractivity contribution < 1.29 is 17.9 Å². The highest BCUT2D eigenvalue weighted by Crippen LogP contribution is 2.44. The predicted octanol–water partition coefficient (Wildman–Crippen LogP) is 6.93. The van der Waals surface area contributed by atoms with E-state index in [1.165, 1.54) is 6.07 Å². The van der Waals surface area contributed by atoms with Crippen LogP contribution in [0.25, 0.3) is 32.8 Å². The summed E-state index contributed by atoms with van der Waals surface area (Å²) in [4.78, 5) is 13.7. The largest absolute Gasteiger partial charge is 0.461 e. The molecule has 0 spiro atoms. The molecule has 224 valence electrons. The minimum Gasteiger partial charge on any atom is -0.461 e. The lowest BCUT2D eigenvalue weighted by Gasteiger charge is -2.34. The van der Waals surface area contributed by atoms with E-state index in [1.807, 2.05) is 0 Å². The van der Waals surface area contributed by atoms with Gasteiger partial charge in [-0.3, -0.25) is 4.90 Å². The van der Waals surface area contributed by atoms with Crippen LogP contribution in [0.5, 0.6) is 6.01 Å². The van der Waals surface area contributed by atoms with E-state index < -0.39 is 23.3 Å². The Morgan fingerprint density at radius 1 is 1.05 bits per heavy atom. The van der Waals surface area contributed by atoms with Gasteiger partial charge in [0.15, 0.2) is 5.82 Å². The number of benzene rings is 3. The minimum atomic E-state index is -0.896. The lowest BCUT2D eigenvalue weighted by Crippen LogP contribution is -2.51. The van der Waals surface area contributed by atoms with E-state index in [9.17, 15) is 8.78 Å². The summed E-state index contributed by atoms with van der Waals surface area (Å²) < 4.78 is 52.1. The number of hydrogen-bond acceptors (Lipinski definition) is 6. The summed E-state index contributed by atoms with van der Waals surface area (Å²) in [6.45, 7) is 2.89. The van der Waals surface area contributed by atoms with E-state index in [4.69, 9.17) is 32.9 Å². The smallest absolute Gasteiger partial charge is 0.319 e. The van der Waals surface area contributed by atoms with Crippen LogP contribution in [0.15, 0.2) is 36.4 Å². The van der Waals surface area contributed by atoms with Gasteiger partial charge in [0.25, 0.3) is 0 Å². The average Bonchev–Trinajstić information content (AvgIpc) is 3.64. The summed E-state index contributed by atoms with van der Waals surface area (Å²) in [7, 11) is 0. The second-order valence-corrected chi connectivity index (χ2v) is 13.2. The van der Waals surface area contributed by atoms with Crippen molar-refractivity contribution in [1.29, 1.82) is 0 Å². The normalized spacial score (nSPS) is 27.0. The Balaban J connectivity index is 1.28. The number of fused-ring (bicyclic) bond motifs is 5. The molecule has 4 atom stereocenters. The Morgan fingerprint density at radius 3 is 2.67 bits per heavy atom. The molecule has 1 aromatic heterocycles. The second kappa shape index (κ2) is 10.4. The lowest BCUT2D eigenvalue weighted by atomic mass is 9.95. The fourth-order valence-corrected chi connectivity index (χ4v) is 8.42. The topological polar surface area (TPSA) is 53.5 Å². The first kappa shape index (κ1) is 27.7. The maximum Gasteiger partial charge on any atom is 0.319 e. The van der Waals surface area contributed by atoms with Crippen LogP contribution in [0.2, 0.25) is 10.0 Å². The lowest BCUT2D eigenvalue weighted by molar-refractivity contribution is 0.107. The molecule has 2 bridgehead atoms. The van der Waals surface area contributed by atoms with E-state index in [0.717, 1.165) is 32.2 Å². The Hall–Kier alpha value is -2.85. The minimum absolute atomic E-state index is 0.0473. The number of halogens is 5. The van der Waals surface area contributed by atoms with Gasteiger partial charge in [-0.15, -0.1) is 0 Å². The van der Waals surface area contributed by atoms with Crippen LogP contribution in [0.4, 0.5) is 19.0 Å². The SMILES string of the molecule is Fc1ccc2cccc(-c3c(Cl)cc4c(N5CC6CCC(C5)N6)nc(OC[C@@]56CCCN5C[C@H](F)C6)nc4c3F)c2c1Cl. The summed E-state index contributed by atoms with van der Waals surface area (Å²) in [6, 6.07) is 10.5. The third-order valence-electron chi connectivity index (χ3n) is 9.79.